The number of sulfonamides is 1. The van der Waals surface area contributed by atoms with Crippen molar-refractivity contribution >= 4 is 27.5 Å². The van der Waals surface area contributed by atoms with Crippen molar-refractivity contribution in [2.75, 3.05) is 19.7 Å². The Morgan fingerprint density at radius 3 is 2.67 bits per heavy atom. The summed E-state index contributed by atoms with van der Waals surface area (Å²) in [6.07, 6.45) is 3.27. The van der Waals surface area contributed by atoms with Crippen LogP contribution in [-0.4, -0.2) is 43.3 Å². The Morgan fingerprint density at radius 2 is 2.07 bits per heavy atom. The fourth-order valence-corrected chi connectivity index (χ4v) is 4.08. The van der Waals surface area contributed by atoms with Crippen LogP contribution in [0.5, 0.6) is 5.75 Å². The maximum atomic E-state index is 12.8. The van der Waals surface area contributed by atoms with E-state index in [1.54, 1.807) is 25.4 Å². The Morgan fingerprint density at radius 1 is 1.30 bits per heavy atom. The second-order valence-electron chi connectivity index (χ2n) is 5.59. The van der Waals surface area contributed by atoms with Gasteiger partial charge in [-0.2, -0.15) is 4.31 Å². The van der Waals surface area contributed by atoms with Gasteiger partial charge in [-0.05, 0) is 36.8 Å². The molecule has 9 heteroatoms. The SMILES string of the molecule is CCOc1ccc(S(=O)(=O)N(CC)CC(=O)NCc2cccnc2)cc1Cl. The third-order valence-electron chi connectivity index (χ3n) is 3.73. The number of benzene rings is 1. The Bertz CT molecular complexity index is 875. The van der Waals surface area contributed by atoms with Crippen LogP contribution in [0.4, 0.5) is 0 Å². The van der Waals surface area contributed by atoms with E-state index in [0.29, 0.717) is 12.4 Å². The van der Waals surface area contributed by atoms with Crippen LogP contribution in [0.2, 0.25) is 5.02 Å². The van der Waals surface area contributed by atoms with Gasteiger partial charge in [-0.15, -0.1) is 0 Å². The Balaban J connectivity index is 2.08. The van der Waals surface area contributed by atoms with Gasteiger partial charge in [-0.3, -0.25) is 9.78 Å². The molecule has 0 atom stereocenters. The highest BCUT2D eigenvalue weighted by Crippen LogP contribution is 2.28. The molecular weight excluding hydrogens is 390 g/mol. The number of amides is 1. The molecule has 1 N–H and O–H groups in total. The van der Waals surface area contributed by atoms with Gasteiger partial charge in [-0.1, -0.05) is 24.6 Å². The molecule has 0 aliphatic rings. The van der Waals surface area contributed by atoms with Crippen LogP contribution in [0.25, 0.3) is 0 Å². The number of hydrogen-bond donors (Lipinski definition) is 1. The van der Waals surface area contributed by atoms with Gasteiger partial charge in [0.1, 0.15) is 5.75 Å². The van der Waals surface area contributed by atoms with Crippen molar-refractivity contribution in [1.29, 1.82) is 0 Å². The highest BCUT2D eigenvalue weighted by Gasteiger charge is 2.26. The van der Waals surface area contributed by atoms with Crippen molar-refractivity contribution in [3.05, 3.63) is 53.3 Å². The summed E-state index contributed by atoms with van der Waals surface area (Å²) < 4.78 is 32.1. The zero-order valence-electron chi connectivity index (χ0n) is 15.2. The minimum Gasteiger partial charge on any atom is -0.492 e. The molecule has 0 saturated heterocycles. The molecule has 0 unspecified atom stereocenters. The molecule has 0 aliphatic carbocycles. The maximum absolute atomic E-state index is 12.8. The predicted molar refractivity (Wildman–Crippen MR) is 103 cm³/mol. The van der Waals surface area contributed by atoms with E-state index in [4.69, 9.17) is 16.3 Å². The number of aromatic nitrogens is 1. The Kier molecular flexibility index (Phi) is 7.58. The average molecular weight is 412 g/mol. The molecule has 27 heavy (non-hydrogen) atoms. The van der Waals surface area contributed by atoms with Gasteiger partial charge in [0.25, 0.3) is 0 Å². The molecule has 2 rings (SSSR count). The summed E-state index contributed by atoms with van der Waals surface area (Å²) in [5.74, 6) is 0.0108. The number of rotatable bonds is 9. The fourth-order valence-electron chi connectivity index (χ4n) is 2.35. The second-order valence-corrected chi connectivity index (χ2v) is 7.94. The largest absolute Gasteiger partial charge is 0.492 e. The van der Waals surface area contributed by atoms with E-state index in [2.05, 4.69) is 10.3 Å². The van der Waals surface area contributed by atoms with Crippen molar-refractivity contribution in [3.63, 3.8) is 0 Å². The molecule has 1 aromatic heterocycles. The molecule has 1 aromatic carbocycles. The van der Waals surface area contributed by atoms with Gasteiger partial charge in [0, 0.05) is 25.5 Å². The minimum absolute atomic E-state index is 0.0119. The zero-order valence-corrected chi connectivity index (χ0v) is 16.8. The topological polar surface area (TPSA) is 88.6 Å². The van der Waals surface area contributed by atoms with E-state index in [-0.39, 0.29) is 29.6 Å². The number of pyridine rings is 1. The van der Waals surface area contributed by atoms with Crippen LogP contribution in [0.15, 0.2) is 47.6 Å². The monoisotopic (exact) mass is 411 g/mol. The maximum Gasteiger partial charge on any atom is 0.243 e. The van der Waals surface area contributed by atoms with Crippen molar-refractivity contribution in [1.82, 2.24) is 14.6 Å². The number of nitrogens with zero attached hydrogens (tertiary/aromatic N) is 2. The van der Waals surface area contributed by atoms with E-state index in [1.165, 1.54) is 18.2 Å². The molecule has 2 aromatic rings. The quantitative estimate of drug-likeness (QED) is 0.684. The third-order valence-corrected chi connectivity index (χ3v) is 5.94. The first-order valence-corrected chi connectivity index (χ1v) is 10.3. The number of nitrogens with one attached hydrogen (secondary N) is 1. The zero-order chi connectivity index (χ0) is 19.9. The van der Waals surface area contributed by atoms with E-state index in [1.807, 2.05) is 13.0 Å². The summed E-state index contributed by atoms with van der Waals surface area (Å²) in [5.41, 5.74) is 0.829. The van der Waals surface area contributed by atoms with Crippen LogP contribution in [-0.2, 0) is 21.4 Å². The van der Waals surface area contributed by atoms with Crippen molar-refractivity contribution in [3.8, 4) is 5.75 Å². The number of hydrogen-bond acceptors (Lipinski definition) is 5. The summed E-state index contributed by atoms with van der Waals surface area (Å²) >= 11 is 6.09. The van der Waals surface area contributed by atoms with Gasteiger partial charge in [0.2, 0.25) is 15.9 Å². The third kappa shape index (κ3) is 5.66. The molecule has 0 fully saturated rings. The van der Waals surface area contributed by atoms with Crippen molar-refractivity contribution in [2.45, 2.75) is 25.3 Å². The van der Waals surface area contributed by atoms with Crippen LogP contribution in [0.1, 0.15) is 19.4 Å². The number of halogens is 1. The lowest BCUT2D eigenvalue weighted by molar-refractivity contribution is -0.121. The average Bonchev–Trinajstić information content (AvgIpc) is 2.66. The van der Waals surface area contributed by atoms with Gasteiger partial charge < -0.3 is 10.1 Å². The Hall–Kier alpha value is -2.16. The molecular formula is C18H22ClN3O4S. The van der Waals surface area contributed by atoms with Gasteiger partial charge in [0.15, 0.2) is 0 Å². The summed E-state index contributed by atoms with van der Waals surface area (Å²) in [6.45, 7) is 4.03. The normalized spacial score (nSPS) is 11.4. The molecule has 1 amide bonds. The lowest BCUT2D eigenvalue weighted by atomic mass is 10.3. The second kappa shape index (κ2) is 9.68. The number of carbonyl (C=O) groups is 1. The van der Waals surface area contributed by atoms with Crippen LogP contribution in [0, 0.1) is 0 Å². The van der Waals surface area contributed by atoms with Crippen molar-refractivity contribution < 1.29 is 17.9 Å². The predicted octanol–water partition coefficient (Wildman–Crippen LogP) is 2.46. The van der Waals surface area contributed by atoms with Crippen LogP contribution in [0.3, 0.4) is 0 Å². The van der Waals surface area contributed by atoms with Crippen LogP contribution >= 0.6 is 11.6 Å². The van der Waals surface area contributed by atoms with E-state index < -0.39 is 15.9 Å². The standard InChI is InChI=1S/C18H22ClN3O4S/c1-3-22(13-18(23)21-12-14-6-5-9-20-11-14)27(24,25)15-7-8-17(26-4-2)16(19)10-15/h5-11H,3-4,12-13H2,1-2H3,(H,21,23). The van der Waals surface area contributed by atoms with Crippen LogP contribution < -0.4 is 10.1 Å². The minimum atomic E-state index is -3.86. The Labute approximate surface area is 164 Å². The molecule has 7 nitrogen and oxygen atoms in total. The van der Waals surface area contributed by atoms with E-state index in [9.17, 15) is 13.2 Å². The highest BCUT2D eigenvalue weighted by molar-refractivity contribution is 7.89. The van der Waals surface area contributed by atoms with Gasteiger partial charge >= 0.3 is 0 Å². The highest BCUT2D eigenvalue weighted by atomic mass is 35.5. The lowest BCUT2D eigenvalue weighted by Crippen LogP contribution is -2.40. The molecule has 0 bridgehead atoms. The first-order valence-electron chi connectivity index (χ1n) is 8.46. The molecule has 146 valence electrons. The van der Waals surface area contributed by atoms with E-state index >= 15 is 0 Å². The molecule has 0 aliphatic heterocycles. The van der Waals surface area contributed by atoms with Crippen molar-refractivity contribution in [2.24, 2.45) is 0 Å². The summed E-state index contributed by atoms with van der Waals surface area (Å²) in [5, 5.41) is 2.90. The van der Waals surface area contributed by atoms with Gasteiger partial charge in [-0.25, -0.2) is 8.42 Å². The molecule has 0 radical (unpaired) electrons. The number of ether oxygens (including phenoxy) is 1. The summed E-state index contributed by atoms with van der Waals surface area (Å²) in [4.78, 5) is 16.2. The molecule has 0 spiro atoms. The molecule has 1 heterocycles. The number of likely N-dealkylation sites (N-methyl/N-ethyl adjacent to an activating group) is 1. The number of carbonyl (C=O) groups excluding carboxylic acids is 1. The smallest absolute Gasteiger partial charge is 0.243 e. The lowest BCUT2D eigenvalue weighted by Gasteiger charge is -2.20. The summed E-state index contributed by atoms with van der Waals surface area (Å²) in [6, 6.07) is 7.85. The fraction of sp³-hybridized carbons (Fsp3) is 0.333. The molecule has 0 saturated carbocycles. The van der Waals surface area contributed by atoms with Gasteiger partial charge in [0.05, 0.1) is 23.1 Å². The van der Waals surface area contributed by atoms with E-state index in [0.717, 1.165) is 9.87 Å². The first kappa shape index (κ1) is 21.1. The first-order chi connectivity index (χ1) is 12.9. The summed E-state index contributed by atoms with van der Waals surface area (Å²) in [7, 11) is -3.86.